The molecule has 0 heterocycles. The molecule has 0 saturated heterocycles. The van der Waals surface area contributed by atoms with Crippen molar-refractivity contribution in [3.63, 3.8) is 0 Å². The second-order valence-corrected chi connectivity index (χ2v) is 6.47. The number of amides is 1. The van der Waals surface area contributed by atoms with E-state index in [1.165, 1.54) is 0 Å². The summed E-state index contributed by atoms with van der Waals surface area (Å²) in [7, 11) is 0. The fourth-order valence-electron chi connectivity index (χ4n) is 2.03. The predicted molar refractivity (Wildman–Crippen MR) is 96.8 cm³/mol. The Morgan fingerprint density at radius 3 is 2.59 bits per heavy atom. The summed E-state index contributed by atoms with van der Waals surface area (Å²) in [5, 5.41) is 6.77. The molecular formula is C17H18BrClN2O. The van der Waals surface area contributed by atoms with Crippen molar-refractivity contribution in [2.75, 3.05) is 17.2 Å². The van der Waals surface area contributed by atoms with Gasteiger partial charge in [0.1, 0.15) is 0 Å². The number of nitrogens with one attached hydrogen (secondary N) is 2. The van der Waals surface area contributed by atoms with Crippen molar-refractivity contribution in [2.45, 2.75) is 20.3 Å². The van der Waals surface area contributed by atoms with E-state index in [0.29, 0.717) is 18.0 Å². The van der Waals surface area contributed by atoms with Crippen molar-refractivity contribution in [3.8, 4) is 0 Å². The molecule has 0 saturated carbocycles. The number of carbonyl (C=O) groups is 1. The highest BCUT2D eigenvalue weighted by atomic mass is 79.9. The van der Waals surface area contributed by atoms with E-state index in [-0.39, 0.29) is 5.91 Å². The van der Waals surface area contributed by atoms with Crippen LogP contribution in [0.1, 0.15) is 17.5 Å². The van der Waals surface area contributed by atoms with Gasteiger partial charge in [-0.05, 0) is 55.3 Å². The molecule has 0 aliphatic rings. The molecule has 0 atom stereocenters. The van der Waals surface area contributed by atoms with Gasteiger partial charge in [0.25, 0.3) is 0 Å². The molecule has 3 nitrogen and oxygen atoms in total. The van der Waals surface area contributed by atoms with Crippen molar-refractivity contribution >= 4 is 44.8 Å². The number of hydrogen-bond donors (Lipinski definition) is 2. The van der Waals surface area contributed by atoms with Gasteiger partial charge in [0.2, 0.25) is 5.91 Å². The number of halogens is 2. The average Bonchev–Trinajstić information content (AvgIpc) is 2.45. The molecule has 0 fully saturated rings. The number of hydrogen-bond acceptors (Lipinski definition) is 2. The number of carbonyl (C=O) groups excluding carboxylic acids is 1. The van der Waals surface area contributed by atoms with Gasteiger partial charge >= 0.3 is 0 Å². The first kappa shape index (κ1) is 16.8. The number of benzene rings is 2. The molecule has 22 heavy (non-hydrogen) atoms. The van der Waals surface area contributed by atoms with Crippen LogP contribution in [0.5, 0.6) is 0 Å². The van der Waals surface area contributed by atoms with Crippen LogP contribution in [0.2, 0.25) is 5.02 Å². The van der Waals surface area contributed by atoms with Gasteiger partial charge in [0.05, 0.1) is 0 Å². The fraction of sp³-hybridized carbons (Fsp3) is 0.235. The third-order valence-corrected chi connectivity index (χ3v) is 4.21. The van der Waals surface area contributed by atoms with Crippen molar-refractivity contribution in [1.29, 1.82) is 0 Å². The molecule has 0 aliphatic heterocycles. The maximum absolute atomic E-state index is 11.9. The van der Waals surface area contributed by atoms with Crippen LogP contribution in [0.15, 0.2) is 40.9 Å². The van der Waals surface area contributed by atoms with Crippen LogP contribution in [-0.2, 0) is 4.79 Å². The Balaban J connectivity index is 1.83. The summed E-state index contributed by atoms with van der Waals surface area (Å²) >= 11 is 9.48. The molecule has 2 aromatic rings. The highest BCUT2D eigenvalue weighted by Crippen LogP contribution is 2.21. The molecule has 0 radical (unpaired) electrons. The van der Waals surface area contributed by atoms with E-state index in [4.69, 9.17) is 11.6 Å². The topological polar surface area (TPSA) is 41.1 Å². The van der Waals surface area contributed by atoms with E-state index in [1.807, 2.05) is 44.2 Å². The normalized spacial score (nSPS) is 10.4. The van der Waals surface area contributed by atoms with Crippen LogP contribution in [0, 0.1) is 13.8 Å². The van der Waals surface area contributed by atoms with Crippen molar-refractivity contribution < 1.29 is 4.79 Å². The molecule has 0 spiro atoms. The highest BCUT2D eigenvalue weighted by molar-refractivity contribution is 9.10. The van der Waals surface area contributed by atoms with Gasteiger partial charge < -0.3 is 10.6 Å². The Morgan fingerprint density at radius 2 is 1.91 bits per heavy atom. The first-order valence-corrected chi connectivity index (χ1v) is 8.19. The lowest BCUT2D eigenvalue weighted by Crippen LogP contribution is -2.16. The minimum atomic E-state index is -0.0396. The lowest BCUT2D eigenvalue weighted by molar-refractivity contribution is -0.115. The Kier molecular flexibility index (Phi) is 5.86. The van der Waals surface area contributed by atoms with Crippen LogP contribution in [0.3, 0.4) is 0 Å². The zero-order valence-electron chi connectivity index (χ0n) is 12.5. The first-order valence-electron chi connectivity index (χ1n) is 7.02. The summed E-state index contributed by atoms with van der Waals surface area (Å²) in [5.74, 6) is -0.0396. The van der Waals surface area contributed by atoms with E-state index in [1.54, 1.807) is 6.07 Å². The predicted octanol–water partition coefficient (Wildman–Crippen LogP) is 5.16. The van der Waals surface area contributed by atoms with Crippen LogP contribution in [0.4, 0.5) is 11.4 Å². The number of rotatable bonds is 5. The standard InChI is InChI=1S/C17H18BrClN2O/c1-11-3-5-14(10-15(11)19)21-17(22)7-8-20-16-6-4-13(18)9-12(16)2/h3-6,9-10,20H,7-8H2,1-2H3,(H,21,22). The first-order chi connectivity index (χ1) is 10.5. The summed E-state index contributed by atoms with van der Waals surface area (Å²) < 4.78 is 1.05. The Labute approximate surface area is 144 Å². The van der Waals surface area contributed by atoms with Crippen LogP contribution in [-0.4, -0.2) is 12.5 Å². The lowest BCUT2D eigenvalue weighted by atomic mass is 10.2. The Morgan fingerprint density at radius 1 is 1.14 bits per heavy atom. The van der Waals surface area contributed by atoms with E-state index >= 15 is 0 Å². The monoisotopic (exact) mass is 380 g/mol. The second kappa shape index (κ2) is 7.65. The van der Waals surface area contributed by atoms with Gasteiger partial charge in [-0.15, -0.1) is 0 Å². The molecular weight excluding hydrogens is 364 g/mol. The molecule has 0 aromatic heterocycles. The summed E-state index contributed by atoms with van der Waals surface area (Å²) in [5.41, 5.74) is 3.89. The van der Waals surface area contributed by atoms with Crippen molar-refractivity contribution in [1.82, 2.24) is 0 Å². The third kappa shape index (κ3) is 4.75. The number of aryl methyl sites for hydroxylation is 2. The van der Waals surface area contributed by atoms with E-state index < -0.39 is 0 Å². The fourth-order valence-corrected chi connectivity index (χ4v) is 2.69. The molecule has 116 valence electrons. The maximum Gasteiger partial charge on any atom is 0.226 e. The van der Waals surface area contributed by atoms with E-state index in [0.717, 1.165) is 27.0 Å². The van der Waals surface area contributed by atoms with Crippen molar-refractivity contribution in [2.24, 2.45) is 0 Å². The summed E-state index contributed by atoms with van der Waals surface area (Å²) in [6.07, 6.45) is 0.390. The van der Waals surface area contributed by atoms with Gasteiger partial charge in [0.15, 0.2) is 0 Å². The van der Waals surface area contributed by atoms with Gasteiger partial charge in [-0.2, -0.15) is 0 Å². The van der Waals surface area contributed by atoms with Gasteiger partial charge in [-0.1, -0.05) is 33.6 Å². The molecule has 5 heteroatoms. The number of anilines is 2. The van der Waals surface area contributed by atoms with Gasteiger partial charge in [-0.25, -0.2) is 0 Å². The second-order valence-electron chi connectivity index (χ2n) is 5.15. The zero-order chi connectivity index (χ0) is 16.1. The molecule has 2 rings (SSSR count). The lowest BCUT2D eigenvalue weighted by Gasteiger charge is -2.10. The van der Waals surface area contributed by atoms with Gasteiger partial charge in [-0.3, -0.25) is 4.79 Å². The largest absolute Gasteiger partial charge is 0.384 e. The quantitative estimate of drug-likeness (QED) is 0.751. The Hall–Kier alpha value is -1.52. The minimum absolute atomic E-state index is 0.0396. The van der Waals surface area contributed by atoms with Gasteiger partial charge in [0, 0.05) is 33.8 Å². The summed E-state index contributed by atoms with van der Waals surface area (Å²) in [4.78, 5) is 11.9. The van der Waals surface area contributed by atoms with Crippen LogP contribution >= 0.6 is 27.5 Å². The van der Waals surface area contributed by atoms with Crippen LogP contribution < -0.4 is 10.6 Å². The highest BCUT2D eigenvalue weighted by Gasteiger charge is 2.05. The molecule has 0 unspecified atom stereocenters. The van der Waals surface area contributed by atoms with Crippen molar-refractivity contribution in [3.05, 3.63) is 57.0 Å². The minimum Gasteiger partial charge on any atom is -0.384 e. The Bertz CT molecular complexity index is 688. The van der Waals surface area contributed by atoms with E-state index in [9.17, 15) is 4.79 Å². The SMILES string of the molecule is Cc1ccc(NC(=O)CCNc2ccc(Br)cc2C)cc1Cl. The van der Waals surface area contributed by atoms with Crippen LogP contribution in [0.25, 0.3) is 0 Å². The smallest absolute Gasteiger partial charge is 0.226 e. The molecule has 0 aliphatic carbocycles. The summed E-state index contributed by atoms with van der Waals surface area (Å²) in [6, 6.07) is 11.5. The average molecular weight is 382 g/mol. The molecule has 2 N–H and O–H groups in total. The third-order valence-electron chi connectivity index (χ3n) is 3.31. The summed E-state index contributed by atoms with van der Waals surface area (Å²) in [6.45, 7) is 4.54. The molecule has 0 bridgehead atoms. The maximum atomic E-state index is 11.9. The molecule has 2 aromatic carbocycles. The van der Waals surface area contributed by atoms with E-state index in [2.05, 4.69) is 26.6 Å². The molecule has 1 amide bonds. The zero-order valence-corrected chi connectivity index (χ0v) is 14.9.